The summed E-state index contributed by atoms with van der Waals surface area (Å²) in [7, 11) is 10.4. The molecule has 0 spiro atoms. The molecule has 13 aromatic carbocycles. The maximum Gasteiger partial charge on any atom is 0.230 e. The van der Waals surface area contributed by atoms with Crippen molar-refractivity contribution >= 4 is 212 Å². The van der Waals surface area contributed by atoms with E-state index in [1.807, 2.05) is 88.9 Å². The molecule has 0 aliphatic carbocycles. The quantitative estimate of drug-likeness (QED) is 0.161. The fourth-order valence-electron chi connectivity index (χ4n) is 19.5. The number of aryl methyl sites for hydroxylation is 15. The average molecular weight is 1780 g/mol. The molecule has 12 heterocycles. The second kappa shape index (κ2) is 33.7. The molecule has 0 radical (unpaired) electrons. The number of para-hydroxylation sites is 2. The van der Waals surface area contributed by atoms with Crippen LogP contribution in [-0.2, 0) is 35.2 Å². The van der Waals surface area contributed by atoms with Crippen LogP contribution in [0.5, 0.6) is 0 Å². The molecule has 0 aliphatic rings. The van der Waals surface area contributed by atoms with Gasteiger partial charge in [0.2, 0.25) is 28.5 Å². The third-order valence-corrected chi connectivity index (χ3v) is 31.5. The molecule has 0 saturated carbocycles. The van der Waals surface area contributed by atoms with Crippen LogP contribution in [0.15, 0.2) is 322 Å². The number of thiophene rings is 5. The van der Waals surface area contributed by atoms with Crippen LogP contribution in [0, 0.1) is 69.1 Å². The van der Waals surface area contributed by atoms with E-state index in [9.17, 15) is 0 Å². The molecular weight excluding hydrogens is 1680 g/mol. The maximum absolute atomic E-state index is 8.25. The molecule has 25 rings (SSSR count). The lowest BCUT2D eigenvalue weighted by atomic mass is 9.98. The lowest BCUT2D eigenvalue weighted by molar-refractivity contribution is -0.659. The monoisotopic (exact) mass is 1780 g/mol. The van der Waals surface area contributed by atoms with Gasteiger partial charge in [-0.15, -0.1) is 56.7 Å². The number of fused-ring (bicyclic) bond motifs is 23. The van der Waals surface area contributed by atoms with Crippen LogP contribution >= 0.6 is 56.7 Å². The highest BCUT2D eigenvalue weighted by Gasteiger charge is 2.29. The van der Waals surface area contributed by atoms with Crippen LogP contribution in [-0.4, -0.2) is 9.97 Å². The lowest BCUT2D eigenvalue weighted by Crippen LogP contribution is -2.31. The fourth-order valence-corrected chi connectivity index (χ4v) is 26.1. The molecule has 12 heteroatoms. The first-order valence-corrected chi connectivity index (χ1v) is 48.0. The Morgan fingerprint density at radius 2 is 0.615 bits per heavy atom. The maximum atomic E-state index is 8.25. The molecule has 0 amide bonds. The average Bonchev–Trinajstić information content (AvgIpc) is 1.56. The van der Waals surface area contributed by atoms with Crippen molar-refractivity contribution in [2.45, 2.75) is 69.1 Å². The summed E-state index contributed by atoms with van der Waals surface area (Å²) < 4.78 is 70.1. The second-order valence-corrected chi connectivity index (χ2v) is 39.8. The van der Waals surface area contributed by atoms with Crippen molar-refractivity contribution < 1.29 is 31.1 Å². The van der Waals surface area contributed by atoms with E-state index in [0.717, 1.165) is 69.1 Å². The summed E-state index contributed by atoms with van der Waals surface area (Å²) in [6.45, 7) is 12.8. The number of benzene rings is 13. The standard InChI is InChI=1S/2C25H22NS.C23H19N2S.C23H18NS.C22H17N2S/c2*1-15-9-11-19(16(2)13-15)24-25-22(17(3)14-26(24)4)23-20-8-6-5-7-18(20)10-12-21(23)27-25;1-14-8-9-17(15(2)12-14)22-23-18(10-11-25(22)3)21-20(26-23)13-16-6-4-5-7-19(16)24-21;1-15-7-3-5-9-17(15)22-23-19(13-14-24(22)2)21-18-10-6-4-8-16(18)11-12-20(21)25-23;1-14-7-3-5-9-16(14)20-21-17(11-12-24(20)2)18-13-15-8-4-6-10-19(15)23-22(18)25-21/h2*5-14H,1-4H3;4-13H,1-3H3;3-14H,1-2H3;3-13H,1-2H3/q5*+1/i1D3,3D3;;;;. The minimum absolute atomic E-state index is 0.295. The number of rotatable bonds is 5. The van der Waals surface area contributed by atoms with Crippen molar-refractivity contribution in [1.29, 1.82) is 0 Å². The van der Waals surface area contributed by atoms with E-state index in [1.54, 1.807) is 41.0 Å². The van der Waals surface area contributed by atoms with Gasteiger partial charge in [-0.05, 0) is 202 Å². The van der Waals surface area contributed by atoms with Crippen molar-refractivity contribution in [3.8, 4) is 56.3 Å². The predicted octanol–water partition coefficient (Wildman–Crippen LogP) is 30.4. The van der Waals surface area contributed by atoms with E-state index in [2.05, 4.69) is 362 Å². The minimum Gasteiger partial charge on any atom is -0.246 e. The highest BCUT2D eigenvalue weighted by Crippen LogP contribution is 2.49. The minimum atomic E-state index is -2.28. The topological polar surface area (TPSA) is 45.2 Å². The molecule has 0 atom stereocenters. The predicted molar refractivity (Wildman–Crippen MR) is 560 cm³/mol. The summed E-state index contributed by atoms with van der Waals surface area (Å²) in [4.78, 5) is 11.0. The molecule has 0 bridgehead atoms. The lowest BCUT2D eigenvalue weighted by Gasteiger charge is -2.08. The Bertz CT molecular complexity index is 9230. The smallest absolute Gasteiger partial charge is 0.230 e. The first-order valence-electron chi connectivity index (χ1n) is 46.9. The Morgan fingerprint density at radius 3 is 1.12 bits per heavy atom. The van der Waals surface area contributed by atoms with Crippen LogP contribution < -0.4 is 22.8 Å². The zero-order valence-electron chi connectivity index (χ0n) is 80.8. The zero-order valence-corrected chi connectivity index (χ0v) is 78.9. The zero-order chi connectivity index (χ0) is 94.2. The summed E-state index contributed by atoms with van der Waals surface area (Å²) in [5.74, 6) is 0. The van der Waals surface area contributed by atoms with Gasteiger partial charge in [-0.2, -0.15) is 22.8 Å². The fraction of sp³-hybridized carbons (Fsp3) is 0.127. The number of nitrogens with zero attached hydrogens (tertiary/aromatic N) is 7. The van der Waals surface area contributed by atoms with Crippen molar-refractivity contribution in [3.05, 3.63) is 378 Å². The molecule has 0 fully saturated rings. The second-order valence-electron chi connectivity index (χ2n) is 34.6. The Morgan fingerprint density at radius 1 is 0.238 bits per heavy atom. The summed E-state index contributed by atoms with van der Waals surface area (Å²) >= 11 is 9.03. The van der Waals surface area contributed by atoms with Gasteiger partial charge >= 0.3 is 0 Å². The van der Waals surface area contributed by atoms with Gasteiger partial charge in [0.15, 0.2) is 31.0 Å². The van der Waals surface area contributed by atoms with Gasteiger partial charge in [0, 0.05) is 111 Å². The van der Waals surface area contributed by atoms with E-state index < -0.39 is 13.7 Å². The Labute approximate surface area is 785 Å². The summed E-state index contributed by atoms with van der Waals surface area (Å²) in [5.41, 5.74) is 26.0. The molecular formula is C118H98N7S5+5. The van der Waals surface area contributed by atoms with Crippen molar-refractivity contribution in [2.24, 2.45) is 35.2 Å². The number of aromatic nitrogens is 7. The highest BCUT2D eigenvalue weighted by atomic mass is 32.1. The van der Waals surface area contributed by atoms with E-state index in [1.165, 1.54) is 187 Å². The summed E-state index contributed by atoms with van der Waals surface area (Å²) in [5, 5.41) is 20.8. The van der Waals surface area contributed by atoms with E-state index in [4.69, 9.17) is 18.2 Å². The molecule has 0 unspecified atom stereocenters. The van der Waals surface area contributed by atoms with Gasteiger partial charge in [0.05, 0.1) is 49.1 Å². The van der Waals surface area contributed by atoms with Crippen molar-refractivity contribution in [2.75, 3.05) is 0 Å². The Balaban J connectivity index is 0.000000102. The molecule has 7 nitrogen and oxygen atoms in total. The summed E-state index contributed by atoms with van der Waals surface area (Å²) in [6, 6.07) is 102. The van der Waals surface area contributed by atoms with Gasteiger partial charge in [-0.25, -0.2) is 9.97 Å². The molecule has 0 aliphatic heterocycles. The SMILES string of the molecule is Cc1ccc(-c2c3sc4cc5ccccc5nc4c3cc[n+]2C)c(C)c1.Cc1ccc(-c2c3sc4ccc5ccccc5c4c3c(C)c[n+]2C)c(C)c1.Cc1ccccc1-c1c2sc3ccc4ccccc4c3c2cc[n+]1C.Cc1ccccc1-c1c2sc3nc4ccccc4cc3c2cc[n+]1C.[2H]C([2H])([2H])c1ccc(-c2c3sc4ccc5ccccc5c4c3c(C([2H])([2H])[2H])c[n+]2C)c(C)c1. The third-order valence-electron chi connectivity index (χ3n) is 25.8. The van der Waals surface area contributed by atoms with Gasteiger partial charge in [-0.1, -0.05) is 217 Å². The first kappa shape index (κ1) is 76.4. The van der Waals surface area contributed by atoms with Gasteiger partial charge in [0.1, 0.15) is 63.6 Å². The highest BCUT2D eigenvalue weighted by molar-refractivity contribution is 7.28. The van der Waals surface area contributed by atoms with Crippen molar-refractivity contribution in [3.63, 3.8) is 0 Å². The van der Waals surface area contributed by atoms with Crippen LogP contribution in [0.4, 0.5) is 0 Å². The first-order chi connectivity index (χ1) is 65.6. The largest absolute Gasteiger partial charge is 0.246 e. The van der Waals surface area contributed by atoms with Gasteiger partial charge in [0.25, 0.3) is 0 Å². The van der Waals surface area contributed by atoms with Gasteiger partial charge in [-0.3, -0.25) is 0 Å². The summed E-state index contributed by atoms with van der Waals surface area (Å²) in [6.07, 6.45) is 10.5. The normalized spacial score (nSPS) is 12.5. The molecule has 0 N–H and O–H groups in total. The molecule has 630 valence electrons. The van der Waals surface area contributed by atoms with Crippen molar-refractivity contribution in [1.82, 2.24) is 9.97 Å². The van der Waals surface area contributed by atoms with E-state index >= 15 is 0 Å². The van der Waals surface area contributed by atoms with Crippen LogP contribution in [0.1, 0.15) is 63.9 Å². The number of hydrogen-bond donors (Lipinski definition) is 0. The number of hydrogen-bond acceptors (Lipinski definition) is 7. The Kier molecular flexibility index (Phi) is 19.8. The Hall–Kier alpha value is -13.7. The third kappa shape index (κ3) is 14.7. The molecule has 25 aromatic rings. The molecule has 0 saturated heterocycles. The van der Waals surface area contributed by atoms with Gasteiger partial charge < -0.3 is 0 Å². The van der Waals surface area contributed by atoms with Crippen LogP contribution in [0.3, 0.4) is 0 Å². The van der Waals surface area contributed by atoms with E-state index in [0.29, 0.717) is 11.1 Å². The van der Waals surface area contributed by atoms with Crippen LogP contribution in [0.2, 0.25) is 0 Å². The molecule has 12 aromatic heterocycles. The molecule has 130 heavy (non-hydrogen) atoms. The number of pyridine rings is 7. The van der Waals surface area contributed by atoms with E-state index in [-0.39, 0.29) is 0 Å². The van der Waals surface area contributed by atoms with Crippen LogP contribution in [0.25, 0.3) is 212 Å².